The molecule has 2 aromatic rings. The summed E-state index contributed by atoms with van der Waals surface area (Å²) in [6.07, 6.45) is 0. The van der Waals surface area contributed by atoms with E-state index in [1.807, 2.05) is 0 Å². The van der Waals surface area contributed by atoms with Crippen molar-refractivity contribution in [3.05, 3.63) is 34.1 Å². The first kappa shape index (κ1) is 12.9. The Morgan fingerprint density at radius 2 is 1.79 bits per heavy atom. The minimum atomic E-state index is -1.17. The molecule has 0 saturated carbocycles. The zero-order chi connectivity index (χ0) is 14.2. The number of ether oxygens (including phenoxy) is 2. The number of hydrogen-bond donors (Lipinski definition) is 1. The Kier molecular flexibility index (Phi) is 3.16. The van der Waals surface area contributed by atoms with E-state index in [0.717, 1.165) is 6.07 Å². The van der Waals surface area contributed by atoms with E-state index in [0.29, 0.717) is 22.4 Å². The molecule has 0 saturated heterocycles. The van der Waals surface area contributed by atoms with Crippen molar-refractivity contribution >= 4 is 16.9 Å². The lowest BCUT2D eigenvalue weighted by Gasteiger charge is -2.14. The molecule has 100 valence electrons. The largest absolute Gasteiger partial charge is 0.496 e. The van der Waals surface area contributed by atoms with E-state index >= 15 is 0 Å². The molecule has 0 unspecified atom stereocenters. The fourth-order valence-electron chi connectivity index (χ4n) is 2.08. The second kappa shape index (κ2) is 4.64. The van der Waals surface area contributed by atoms with Gasteiger partial charge in [0.25, 0.3) is 0 Å². The lowest BCUT2D eigenvalue weighted by Crippen LogP contribution is -2.16. The summed E-state index contributed by atoms with van der Waals surface area (Å²) in [5.74, 6) is -0.377. The van der Waals surface area contributed by atoms with Crippen molar-refractivity contribution in [2.24, 2.45) is 7.05 Å². The molecule has 19 heavy (non-hydrogen) atoms. The van der Waals surface area contributed by atoms with E-state index in [2.05, 4.69) is 0 Å². The fourth-order valence-corrected chi connectivity index (χ4v) is 2.08. The summed E-state index contributed by atoms with van der Waals surface area (Å²) in [5, 5.41) is 9.41. The number of methoxy groups -OCH3 is 2. The number of pyridine rings is 1. The maximum atomic E-state index is 12.1. The Labute approximate surface area is 108 Å². The van der Waals surface area contributed by atoms with Crippen LogP contribution in [0, 0.1) is 0 Å². The summed E-state index contributed by atoms with van der Waals surface area (Å²) in [6, 6.07) is 4.32. The van der Waals surface area contributed by atoms with Gasteiger partial charge in [0.2, 0.25) is 0 Å². The molecule has 0 fully saturated rings. The number of aryl methyl sites for hydroxylation is 1. The predicted molar refractivity (Wildman–Crippen MR) is 69.3 cm³/mol. The molecule has 1 aromatic carbocycles. The van der Waals surface area contributed by atoms with Gasteiger partial charge in [-0.2, -0.15) is 0 Å². The first-order valence-corrected chi connectivity index (χ1v) is 5.49. The fraction of sp³-hybridized carbons (Fsp3) is 0.231. The van der Waals surface area contributed by atoms with Crippen molar-refractivity contribution in [1.82, 2.24) is 4.57 Å². The van der Waals surface area contributed by atoms with Crippen LogP contribution in [0.4, 0.5) is 0 Å². The summed E-state index contributed by atoms with van der Waals surface area (Å²) in [6.45, 7) is 0. The molecule has 0 bridgehead atoms. The molecular formula is C13H13NO5. The normalized spacial score (nSPS) is 10.5. The van der Waals surface area contributed by atoms with Crippen molar-refractivity contribution in [3.8, 4) is 11.5 Å². The monoisotopic (exact) mass is 263 g/mol. The second-order valence-corrected chi connectivity index (χ2v) is 3.95. The number of rotatable bonds is 3. The molecule has 1 N–H and O–H groups in total. The van der Waals surface area contributed by atoms with Crippen molar-refractivity contribution in [2.75, 3.05) is 14.2 Å². The minimum Gasteiger partial charge on any atom is -0.496 e. The van der Waals surface area contributed by atoms with Gasteiger partial charge in [0.15, 0.2) is 5.43 Å². The highest BCUT2D eigenvalue weighted by Crippen LogP contribution is 2.30. The number of nitrogens with zero attached hydrogens (tertiary/aromatic N) is 1. The van der Waals surface area contributed by atoms with E-state index in [9.17, 15) is 9.59 Å². The Morgan fingerprint density at radius 1 is 1.21 bits per heavy atom. The smallest absolute Gasteiger partial charge is 0.352 e. The van der Waals surface area contributed by atoms with Gasteiger partial charge in [-0.15, -0.1) is 0 Å². The molecule has 0 radical (unpaired) electrons. The van der Waals surface area contributed by atoms with Crippen LogP contribution in [-0.2, 0) is 7.05 Å². The molecular weight excluding hydrogens is 250 g/mol. The van der Waals surface area contributed by atoms with E-state index in [-0.39, 0.29) is 5.69 Å². The van der Waals surface area contributed by atoms with Crippen molar-refractivity contribution < 1.29 is 19.4 Å². The maximum absolute atomic E-state index is 12.1. The molecule has 0 spiro atoms. The molecule has 6 nitrogen and oxygen atoms in total. The Morgan fingerprint density at radius 3 is 2.32 bits per heavy atom. The number of hydrogen-bond acceptors (Lipinski definition) is 4. The van der Waals surface area contributed by atoms with Gasteiger partial charge in [0.05, 0.1) is 25.1 Å². The van der Waals surface area contributed by atoms with Crippen LogP contribution in [-0.4, -0.2) is 29.9 Å². The van der Waals surface area contributed by atoms with Gasteiger partial charge in [-0.1, -0.05) is 0 Å². The van der Waals surface area contributed by atoms with Gasteiger partial charge >= 0.3 is 5.97 Å². The third-order valence-electron chi connectivity index (χ3n) is 2.97. The van der Waals surface area contributed by atoms with Crippen molar-refractivity contribution in [3.63, 3.8) is 0 Å². The van der Waals surface area contributed by atoms with Crippen LogP contribution in [0.1, 0.15) is 10.5 Å². The van der Waals surface area contributed by atoms with E-state index < -0.39 is 11.4 Å². The molecule has 6 heteroatoms. The lowest BCUT2D eigenvalue weighted by atomic mass is 10.1. The number of aromatic nitrogens is 1. The highest BCUT2D eigenvalue weighted by molar-refractivity contribution is 5.95. The number of fused-ring (bicyclic) bond motifs is 1. The maximum Gasteiger partial charge on any atom is 0.352 e. The Balaban J connectivity index is 3.05. The topological polar surface area (TPSA) is 77.8 Å². The van der Waals surface area contributed by atoms with Crippen LogP contribution in [0.3, 0.4) is 0 Å². The Bertz CT molecular complexity index is 717. The van der Waals surface area contributed by atoms with E-state index in [1.54, 1.807) is 19.2 Å². The number of carbonyl (C=O) groups is 1. The van der Waals surface area contributed by atoms with Gasteiger partial charge in [0, 0.05) is 13.1 Å². The van der Waals surface area contributed by atoms with Gasteiger partial charge in [-0.25, -0.2) is 4.79 Å². The van der Waals surface area contributed by atoms with Crippen molar-refractivity contribution in [1.29, 1.82) is 0 Å². The van der Waals surface area contributed by atoms with Crippen LogP contribution >= 0.6 is 0 Å². The van der Waals surface area contributed by atoms with Gasteiger partial charge in [0.1, 0.15) is 17.2 Å². The molecule has 0 amide bonds. The highest BCUT2D eigenvalue weighted by Gasteiger charge is 2.18. The van der Waals surface area contributed by atoms with E-state index in [1.165, 1.54) is 18.8 Å². The molecule has 1 aromatic heterocycles. The van der Waals surface area contributed by atoms with Crippen molar-refractivity contribution in [2.45, 2.75) is 0 Å². The summed E-state index contributed by atoms with van der Waals surface area (Å²) >= 11 is 0. The first-order valence-electron chi connectivity index (χ1n) is 5.49. The van der Waals surface area contributed by atoms with Gasteiger partial charge < -0.3 is 19.1 Å². The second-order valence-electron chi connectivity index (χ2n) is 3.95. The average molecular weight is 263 g/mol. The summed E-state index contributed by atoms with van der Waals surface area (Å²) in [4.78, 5) is 23.2. The number of benzene rings is 1. The van der Waals surface area contributed by atoms with Crippen LogP contribution in [0.2, 0.25) is 0 Å². The molecule has 1 heterocycles. The number of carboxylic acid groups (broad SMARTS) is 1. The van der Waals surface area contributed by atoms with Gasteiger partial charge in [-0.05, 0) is 12.1 Å². The quantitative estimate of drug-likeness (QED) is 0.901. The highest BCUT2D eigenvalue weighted by atomic mass is 16.5. The summed E-state index contributed by atoms with van der Waals surface area (Å²) in [7, 11) is 4.47. The molecule has 0 aliphatic carbocycles. The minimum absolute atomic E-state index is 0.107. The molecule has 0 atom stereocenters. The molecule has 0 aliphatic rings. The average Bonchev–Trinajstić information content (AvgIpc) is 2.40. The summed E-state index contributed by atoms with van der Waals surface area (Å²) < 4.78 is 11.7. The zero-order valence-corrected chi connectivity index (χ0v) is 10.8. The van der Waals surface area contributed by atoms with Crippen LogP contribution in [0.15, 0.2) is 23.0 Å². The van der Waals surface area contributed by atoms with Crippen LogP contribution in [0.25, 0.3) is 10.9 Å². The summed E-state index contributed by atoms with van der Waals surface area (Å²) in [5.41, 5.74) is -0.128. The van der Waals surface area contributed by atoms with E-state index in [4.69, 9.17) is 14.6 Å². The Hall–Kier alpha value is -2.50. The predicted octanol–water partition coefficient (Wildman–Crippen LogP) is 1.25. The molecule has 2 rings (SSSR count). The standard InChI is InChI=1S/C13H13NO5/c1-14-7(13(16)17)6-8(15)11-9(18-2)4-5-10(19-3)12(11)14/h4-6H,1-3H3,(H,16,17). The third kappa shape index (κ3) is 1.91. The first-order chi connectivity index (χ1) is 9.01. The number of aromatic carboxylic acids is 1. The van der Waals surface area contributed by atoms with Crippen LogP contribution in [0.5, 0.6) is 11.5 Å². The zero-order valence-electron chi connectivity index (χ0n) is 10.8. The van der Waals surface area contributed by atoms with Gasteiger partial charge in [-0.3, -0.25) is 4.79 Å². The number of carboxylic acids is 1. The SMILES string of the molecule is COc1ccc(OC)c2c1c(=O)cc(C(=O)O)n2C. The third-order valence-corrected chi connectivity index (χ3v) is 2.97. The lowest BCUT2D eigenvalue weighted by molar-refractivity contribution is 0.0686. The molecule has 0 aliphatic heterocycles. The van der Waals surface area contributed by atoms with Crippen LogP contribution < -0.4 is 14.9 Å².